The van der Waals surface area contributed by atoms with Crippen LogP contribution in [-0.2, 0) is 6.61 Å². The zero-order valence-electron chi connectivity index (χ0n) is 9.47. The fourth-order valence-corrected chi connectivity index (χ4v) is 1.54. The van der Waals surface area contributed by atoms with E-state index in [2.05, 4.69) is 4.98 Å². The number of rotatable bonds is 4. The SMILES string of the molecule is NC(=S)c1ccc(OCc2cccnc2)c(F)c1. The van der Waals surface area contributed by atoms with E-state index in [9.17, 15) is 4.39 Å². The smallest absolute Gasteiger partial charge is 0.165 e. The molecule has 0 saturated heterocycles. The average Bonchev–Trinajstić information content (AvgIpc) is 2.38. The number of thiocarbonyl (C=S) groups is 1. The topological polar surface area (TPSA) is 48.1 Å². The minimum absolute atomic E-state index is 0.160. The summed E-state index contributed by atoms with van der Waals surface area (Å²) in [5.74, 6) is -0.317. The maximum atomic E-state index is 13.7. The van der Waals surface area contributed by atoms with Gasteiger partial charge in [-0.2, -0.15) is 0 Å². The lowest BCUT2D eigenvalue weighted by atomic mass is 10.2. The van der Waals surface area contributed by atoms with E-state index in [1.165, 1.54) is 12.1 Å². The van der Waals surface area contributed by atoms with Crippen LogP contribution in [0.5, 0.6) is 5.75 Å². The molecule has 0 fully saturated rings. The molecule has 2 aromatic rings. The molecule has 0 amide bonds. The van der Waals surface area contributed by atoms with Crippen molar-refractivity contribution in [3.05, 3.63) is 59.7 Å². The van der Waals surface area contributed by atoms with Crippen molar-refractivity contribution in [2.75, 3.05) is 0 Å². The first-order valence-corrected chi connectivity index (χ1v) is 5.68. The van der Waals surface area contributed by atoms with E-state index in [-0.39, 0.29) is 17.3 Å². The van der Waals surface area contributed by atoms with Crippen LogP contribution in [0, 0.1) is 5.82 Å². The summed E-state index contributed by atoms with van der Waals surface area (Å²) >= 11 is 4.77. The molecule has 0 radical (unpaired) electrons. The first kappa shape index (κ1) is 12.4. The Bertz CT molecular complexity index is 560. The lowest BCUT2D eigenvalue weighted by Gasteiger charge is -2.08. The molecule has 1 aromatic carbocycles. The number of halogens is 1. The Morgan fingerprint density at radius 1 is 1.39 bits per heavy atom. The number of nitrogens with zero attached hydrogens (tertiary/aromatic N) is 1. The molecule has 0 aliphatic rings. The predicted molar refractivity (Wildman–Crippen MR) is 70.9 cm³/mol. The lowest BCUT2D eigenvalue weighted by Crippen LogP contribution is -2.09. The molecule has 0 unspecified atom stereocenters. The number of hydrogen-bond donors (Lipinski definition) is 1. The molecule has 2 rings (SSSR count). The minimum Gasteiger partial charge on any atom is -0.486 e. The van der Waals surface area contributed by atoms with E-state index >= 15 is 0 Å². The van der Waals surface area contributed by atoms with Gasteiger partial charge in [-0.25, -0.2) is 4.39 Å². The molecule has 3 nitrogen and oxygen atoms in total. The first-order chi connectivity index (χ1) is 8.66. The summed E-state index contributed by atoms with van der Waals surface area (Å²) in [7, 11) is 0. The van der Waals surface area contributed by atoms with Gasteiger partial charge in [0.05, 0.1) is 0 Å². The third kappa shape index (κ3) is 3.01. The normalized spacial score (nSPS) is 10.1. The summed E-state index contributed by atoms with van der Waals surface area (Å²) in [4.78, 5) is 4.11. The Kier molecular flexibility index (Phi) is 3.84. The number of hydrogen-bond acceptors (Lipinski definition) is 3. The Balaban J connectivity index is 2.08. The largest absolute Gasteiger partial charge is 0.486 e. The molecule has 2 N–H and O–H groups in total. The highest BCUT2D eigenvalue weighted by atomic mass is 32.1. The molecule has 0 aliphatic carbocycles. The molecule has 0 aliphatic heterocycles. The molecule has 5 heteroatoms. The van der Waals surface area contributed by atoms with E-state index in [4.69, 9.17) is 22.7 Å². The van der Waals surface area contributed by atoms with Crippen LogP contribution >= 0.6 is 12.2 Å². The van der Waals surface area contributed by atoms with Gasteiger partial charge in [0.1, 0.15) is 11.6 Å². The maximum absolute atomic E-state index is 13.7. The molecule has 0 bridgehead atoms. The summed E-state index contributed by atoms with van der Waals surface area (Å²) in [5.41, 5.74) is 6.77. The second kappa shape index (κ2) is 5.55. The quantitative estimate of drug-likeness (QED) is 0.860. The zero-order valence-corrected chi connectivity index (χ0v) is 10.3. The second-order valence-corrected chi connectivity index (χ2v) is 4.10. The van der Waals surface area contributed by atoms with Crippen molar-refractivity contribution in [1.82, 2.24) is 4.98 Å². The standard InChI is InChI=1S/C13H11FN2OS/c14-11-6-10(13(15)18)3-4-12(11)17-8-9-2-1-5-16-7-9/h1-7H,8H2,(H2,15,18). The molecule has 0 atom stereocenters. The Morgan fingerprint density at radius 2 is 2.22 bits per heavy atom. The maximum Gasteiger partial charge on any atom is 0.165 e. The number of ether oxygens (including phenoxy) is 1. The summed E-state index contributed by atoms with van der Waals surface area (Å²) in [6.45, 7) is 0.261. The molecule has 0 spiro atoms. The van der Waals surface area contributed by atoms with Crippen LogP contribution in [0.4, 0.5) is 4.39 Å². The van der Waals surface area contributed by atoms with Crippen molar-refractivity contribution in [2.24, 2.45) is 5.73 Å². The first-order valence-electron chi connectivity index (χ1n) is 5.28. The highest BCUT2D eigenvalue weighted by Crippen LogP contribution is 2.19. The van der Waals surface area contributed by atoms with E-state index < -0.39 is 5.82 Å². The van der Waals surface area contributed by atoms with Gasteiger partial charge in [-0.1, -0.05) is 18.3 Å². The van der Waals surface area contributed by atoms with E-state index in [1.807, 2.05) is 6.07 Å². The van der Waals surface area contributed by atoms with Crippen LogP contribution in [0.25, 0.3) is 0 Å². The summed E-state index contributed by atoms with van der Waals surface area (Å²) in [5, 5.41) is 0. The van der Waals surface area contributed by atoms with Gasteiger partial charge in [0.25, 0.3) is 0 Å². The molecule has 1 aromatic heterocycles. The fourth-order valence-electron chi connectivity index (χ4n) is 1.42. The third-order valence-corrected chi connectivity index (χ3v) is 2.57. The minimum atomic E-state index is -0.482. The molecule has 0 saturated carbocycles. The number of nitrogens with two attached hydrogens (primary N) is 1. The van der Waals surface area contributed by atoms with E-state index in [0.717, 1.165) is 5.56 Å². The van der Waals surface area contributed by atoms with Gasteiger partial charge < -0.3 is 10.5 Å². The van der Waals surface area contributed by atoms with Gasteiger partial charge in [0, 0.05) is 23.5 Å². The van der Waals surface area contributed by atoms with Crippen molar-refractivity contribution < 1.29 is 9.13 Å². The van der Waals surface area contributed by atoms with Crippen LogP contribution in [0.2, 0.25) is 0 Å². The summed E-state index contributed by atoms with van der Waals surface area (Å²) in [6, 6.07) is 8.06. The fraction of sp³-hybridized carbons (Fsp3) is 0.0769. The van der Waals surface area contributed by atoms with E-state index in [0.29, 0.717) is 5.56 Å². The molecule has 92 valence electrons. The number of aromatic nitrogens is 1. The van der Waals surface area contributed by atoms with Crippen LogP contribution in [-0.4, -0.2) is 9.97 Å². The van der Waals surface area contributed by atoms with Crippen molar-refractivity contribution in [1.29, 1.82) is 0 Å². The Morgan fingerprint density at radius 3 is 2.83 bits per heavy atom. The van der Waals surface area contributed by atoms with Crippen molar-refractivity contribution in [3.63, 3.8) is 0 Å². The Labute approximate surface area is 109 Å². The van der Waals surface area contributed by atoms with Gasteiger partial charge in [0.15, 0.2) is 11.6 Å². The van der Waals surface area contributed by atoms with Gasteiger partial charge in [-0.15, -0.1) is 0 Å². The van der Waals surface area contributed by atoms with Gasteiger partial charge >= 0.3 is 0 Å². The molecule has 1 heterocycles. The summed E-state index contributed by atoms with van der Waals surface area (Å²) < 4.78 is 19.0. The summed E-state index contributed by atoms with van der Waals surface area (Å²) in [6.07, 6.45) is 3.34. The van der Waals surface area contributed by atoms with Crippen LogP contribution in [0.3, 0.4) is 0 Å². The average molecular weight is 262 g/mol. The van der Waals surface area contributed by atoms with Gasteiger partial charge in [-0.05, 0) is 24.3 Å². The monoisotopic (exact) mass is 262 g/mol. The number of benzene rings is 1. The molecular weight excluding hydrogens is 251 g/mol. The highest BCUT2D eigenvalue weighted by molar-refractivity contribution is 7.80. The van der Waals surface area contributed by atoms with Crippen molar-refractivity contribution in [2.45, 2.75) is 6.61 Å². The zero-order chi connectivity index (χ0) is 13.0. The van der Waals surface area contributed by atoms with Gasteiger partial charge in [0.2, 0.25) is 0 Å². The third-order valence-electron chi connectivity index (χ3n) is 2.33. The number of pyridine rings is 1. The van der Waals surface area contributed by atoms with Crippen LogP contribution in [0.1, 0.15) is 11.1 Å². The van der Waals surface area contributed by atoms with Gasteiger partial charge in [-0.3, -0.25) is 4.98 Å². The van der Waals surface area contributed by atoms with Crippen LogP contribution in [0.15, 0.2) is 42.7 Å². The highest BCUT2D eigenvalue weighted by Gasteiger charge is 2.06. The molecular formula is C13H11FN2OS. The Hall–Kier alpha value is -2.01. The van der Waals surface area contributed by atoms with Crippen LogP contribution < -0.4 is 10.5 Å². The second-order valence-electron chi connectivity index (χ2n) is 3.66. The van der Waals surface area contributed by atoms with Crippen molar-refractivity contribution in [3.8, 4) is 5.75 Å². The lowest BCUT2D eigenvalue weighted by molar-refractivity contribution is 0.290. The van der Waals surface area contributed by atoms with E-state index in [1.54, 1.807) is 24.5 Å². The molecule has 18 heavy (non-hydrogen) atoms. The predicted octanol–water partition coefficient (Wildman–Crippen LogP) is 2.43. The van der Waals surface area contributed by atoms with Crippen molar-refractivity contribution >= 4 is 17.2 Å².